The number of H-pyrrole nitrogens is 1. The lowest BCUT2D eigenvalue weighted by molar-refractivity contribution is -0.0336. The number of carbonyl (C=O) groups excluding carboxylic acids is 1. The third-order valence-electron chi connectivity index (χ3n) is 11.0. The molecular formula is C44H48N4O8. The standard InChI is InChI=1S/C44H48N4O8/c49-37-17-15-34(35-16-18-40(51)46-42(35)37)38(50)25-45-21-5-4-13-33-31(11-7-14-36(33)43(52)53)27-55-32-12-6-10-30(24-32)41(29-8-2-1-3-9-29)47-44(54)56-39-26-48-22-19-28(39)20-23-48/h1-3,6-12,14-18,24,28,38-39,41,45,49-50H,4-5,13,19-23,25-27H2,(H,46,51)(H,47,54)(H,52,53). The van der Waals surface area contributed by atoms with Gasteiger partial charge in [-0.2, -0.15) is 0 Å². The summed E-state index contributed by atoms with van der Waals surface area (Å²) >= 11 is 0. The zero-order chi connectivity index (χ0) is 39.0. The molecule has 3 unspecified atom stereocenters. The first-order chi connectivity index (χ1) is 27.2. The molecule has 4 heterocycles. The molecule has 5 aromatic rings. The average Bonchev–Trinajstić information content (AvgIpc) is 3.21. The van der Waals surface area contributed by atoms with Crippen LogP contribution in [0.4, 0.5) is 4.79 Å². The molecular weight excluding hydrogens is 713 g/mol. The number of aromatic carboxylic acids is 1. The van der Waals surface area contributed by atoms with Crippen LogP contribution in [0.1, 0.15) is 76.0 Å². The summed E-state index contributed by atoms with van der Waals surface area (Å²) in [7, 11) is 0. The number of unbranched alkanes of at least 4 members (excludes halogenated alkanes) is 1. The average molecular weight is 761 g/mol. The fourth-order valence-electron chi connectivity index (χ4n) is 8.00. The Hall–Kier alpha value is -5.69. The lowest BCUT2D eigenvalue weighted by Crippen LogP contribution is -2.52. The van der Waals surface area contributed by atoms with Gasteiger partial charge in [-0.1, -0.05) is 60.7 Å². The molecule has 12 nitrogen and oxygen atoms in total. The maximum absolute atomic E-state index is 13.3. The van der Waals surface area contributed by atoms with Gasteiger partial charge in [-0.15, -0.1) is 0 Å². The second kappa shape index (κ2) is 17.8. The van der Waals surface area contributed by atoms with Crippen LogP contribution in [0, 0.1) is 5.92 Å². The van der Waals surface area contributed by atoms with E-state index in [2.05, 4.69) is 20.5 Å². The number of alkyl carbamates (subject to hydrolysis) is 1. The molecule has 3 atom stereocenters. The maximum Gasteiger partial charge on any atom is 0.408 e. The molecule has 0 spiro atoms. The second-order valence-electron chi connectivity index (χ2n) is 14.6. The van der Waals surface area contributed by atoms with E-state index in [0.29, 0.717) is 47.6 Å². The van der Waals surface area contributed by atoms with Gasteiger partial charge in [0.1, 0.15) is 24.2 Å². The predicted molar refractivity (Wildman–Crippen MR) is 212 cm³/mol. The van der Waals surface area contributed by atoms with Crippen molar-refractivity contribution in [2.45, 2.75) is 57.0 Å². The van der Waals surface area contributed by atoms with Crippen molar-refractivity contribution in [2.75, 3.05) is 32.7 Å². The molecule has 1 amide bonds. The zero-order valence-corrected chi connectivity index (χ0v) is 31.2. The molecule has 56 heavy (non-hydrogen) atoms. The number of phenols is 1. The number of carbonyl (C=O) groups is 2. The van der Waals surface area contributed by atoms with Crippen molar-refractivity contribution in [1.29, 1.82) is 0 Å². The van der Waals surface area contributed by atoms with Crippen LogP contribution in [0.25, 0.3) is 10.9 Å². The van der Waals surface area contributed by atoms with Crippen LogP contribution >= 0.6 is 0 Å². The minimum Gasteiger partial charge on any atom is -0.506 e. The quantitative estimate of drug-likeness (QED) is 0.0649. The number of aromatic amines is 1. The molecule has 3 saturated heterocycles. The summed E-state index contributed by atoms with van der Waals surface area (Å²) in [4.78, 5) is 42.3. The number of carboxylic acids is 1. The Morgan fingerprint density at radius 2 is 1.70 bits per heavy atom. The number of piperidine rings is 3. The molecule has 4 aromatic carbocycles. The van der Waals surface area contributed by atoms with Crippen LogP contribution in [0.2, 0.25) is 0 Å². The van der Waals surface area contributed by atoms with E-state index in [-0.39, 0.29) is 41.6 Å². The largest absolute Gasteiger partial charge is 0.506 e. The number of nitrogens with zero attached hydrogens (tertiary/aromatic N) is 1. The van der Waals surface area contributed by atoms with E-state index in [1.54, 1.807) is 24.3 Å². The highest BCUT2D eigenvalue weighted by atomic mass is 16.6. The number of hydrogen-bond donors (Lipinski definition) is 6. The number of amides is 1. The fourth-order valence-corrected chi connectivity index (χ4v) is 8.00. The zero-order valence-electron chi connectivity index (χ0n) is 31.2. The molecule has 0 radical (unpaired) electrons. The van der Waals surface area contributed by atoms with Crippen LogP contribution in [-0.2, 0) is 17.8 Å². The van der Waals surface area contributed by atoms with E-state index in [1.165, 1.54) is 12.1 Å². The first-order valence-corrected chi connectivity index (χ1v) is 19.3. The summed E-state index contributed by atoms with van der Waals surface area (Å²) in [6.07, 6.45) is 2.59. The van der Waals surface area contributed by atoms with Gasteiger partial charge < -0.3 is 40.4 Å². The molecule has 3 aliphatic rings. The first-order valence-electron chi connectivity index (χ1n) is 19.3. The number of aromatic nitrogens is 1. The maximum atomic E-state index is 13.3. The van der Waals surface area contributed by atoms with E-state index in [4.69, 9.17) is 9.47 Å². The molecule has 3 fully saturated rings. The molecule has 6 N–H and O–H groups in total. The van der Waals surface area contributed by atoms with Gasteiger partial charge in [-0.05, 0) is 116 Å². The number of rotatable bonds is 16. The summed E-state index contributed by atoms with van der Waals surface area (Å²) in [5.41, 5.74) is 3.97. The van der Waals surface area contributed by atoms with Gasteiger partial charge in [-0.25, -0.2) is 9.59 Å². The summed E-state index contributed by atoms with van der Waals surface area (Å²) in [5.74, 6) is -0.0935. The topological polar surface area (TPSA) is 173 Å². The third kappa shape index (κ3) is 9.22. The van der Waals surface area contributed by atoms with Gasteiger partial charge in [0.05, 0.1) is 23.2 Å². The van der Waals surface area contributed by atoms with E-state index in [9.17, 15) is 29.7 Å². The summed E-state index contributed by atoms with van der Waals surface area (Å²) < 4.78 is 12.3. The molecule has 1 aromatic heterocycles. The number of aliphatic hydroxyl groups excluding tert-OH is 1. The van der Waals surface area contributed by atoms with Gasteiger partial charge in [0, 0.05) is 24.5 Å². The molecule has 3 aliphatic heterocycles. The number of aromatic hydroxyl groups is 1. The molecule has 0 saturated carbocycles. The molecule has 8 rings (SSSR count). The predicted octanol–water partition coefficient (Wildman–Crippen LogP) is 6.07. The molecule has 0 aliphatic carbocycles. The smallest absolute Gasteiger partial charge is 0.408 e. The van der Waals surface area contributed by atoms with Crippen molar-refractivity contribution in [3.8, 4) is 11.5 Å². The van der Waals surface area contributed by atoms with Crippen LogP contribution in [-0.4, -0.2) is 76.1 Å². The van der Waals surface area contributed by atoms with Crippen LogP contribution in [0.15, 0.2) is 102 Å². The van der Waals surface area contributed by atoms with E-state index < -0.39 is 24.2 Å². The van der Waals surface area contributed by atoms with Gasteiger partial charge in [0.25, 0.3) is 0 Å². The number of aliphatic hydroxyl groups is 1. The van der Waals surface area contributed by atoms with Gasteiger partial charge >= 0.3 is 12.1 Å². The summed E-state index contributed by atoms with van der Waals surface area (Å²) in [6, 6.07) is 28.1. The van der Waals surface area contributed by atoms with Crippen molar-refractivity contribution < 1.29 is 34.4 Å². The monoisotopic (exact) mass is 760 g/mol. The number of hydrogen-bond acceptors (Lipinski definition) is 9. The van der Waals surface area contributed by atoms with Crippen molar-refractivity contribution >= 4 is 23.0 Å². The molecule has 292 valence electrons. The lowest BCUT2D eigenvalue weighted by atomic mass is 9.86. The fraction of sp³-hybridized carbons (Fsp3) is 0.341. The van der Waals surface area contributed by atoms with Crippen molar-refractivity contribution in [1.82, 2.24) is 20.5 Å². The normalized spacial score (nSPS) is 18.6. The van der Waals surface area contributed by atoms with E-state index in [0.717, 1.165) is 55.6 Å². The number of fused-ring (bicyclic) bond motifs is 4. The van der Waals surface area contributed by atoms with Crippen LogP contribution < -0.4 is 20.9 Å². The van der Waals surface area contributed by atoms with Crippen molar-refractivity contribution in [2.24, 2.45) is 5.92 Å². The number of pyridine rings is 1. The minimum absolute atomic E-state index is 0.0657. The Labute approximate surface area is 325 Å². The van der Waals surface area contributed by atoms with Crippen LogP contribution in [0.5, 0.6) is 11.5 Å². The van der Waals surface area contributed by atoms with Gasteiger partial charge in [0.2, 0.25) is 5.56 Å². The summed E-state index contributed by atoms with van der Waals surface area (Å²) in [5, 5.41) is 38.0. The minimum atomic E-state index is -1.01. The Kier molecular flexibility index (Phi) is 12.3. The number of phenolic OH excluding ortho intramolecular Hbond substituents is 1. The van der Waals surface area contributed by atoms with Crippen LogP contribution in [0.3, 0.4) is 0 Å². The summed E-state index contributed by atoms with van der Waals surface area (Å²) in [6.45, 7) is 3.89. The third-order valence-corrected chi connectivity index (χ3v) is 11.0. The molecule has 2 bridgehead atoms. The molecule has 12 heteroatoms. The van der Waals surface area contributed by atoms with Gasteiger partial charge in [0.15, 0.2) is 0 Å². The Balaban J connectivity index is 0.965. The SMILES string of the molecule is O=C(NC(c1ccccc1)c1cccc(OCc2cccc(C(=O)O)c2CCCCNCC(O)c2ccc(O)c3[nH]c(=O)ccc23)c1)OC1CN2CCC1CC2. The number of ether oxygens (including phenoxy) is 2. The first kappa shape index (κ1) is 38.6. The van der Waals surface area contributed by atoms with Crippen molar-refractivity contribution in [3.05, 3.63) is 141 Å². The highest BCUT2D eigenvalue weighted by Crippen LogP contribution is 2.32. The van der Waals surface area contributed by atoms with Gasteiger partial charge in [-0.3, -0.25) is 9.69 Å². The second-order valence-corrected chi connectivity index (χ2v) is 14.6. The Morgan fingerprint density at radius 1 is 0.911 bits per heavy atom. The van der Waals surface area contributed by atoms with E-state index >= 15 is 0 Å². The highest BCUT2D eigenvalue weighted by Gasteiger charge is 2.37. The highest BCUT2D eigenvalue weighted by molar-refractivity contribution is 5.90. The van der Waals surface area contributed by atoms with Crippen molar-refractivity contribution in [3.63, 3.8) is 0 Å². The number of carboxylic acid groups (broad SMARTS) is 1. The Bertz CT molecular complexity index is 2200. The number of nitrogens with one attached hydrogen (secondary N) is 3. The van der Waals surface area contributed by atoms with E-state index in [1.807, 2.05) is 60.7 Å². The lowest BCUT2D eigenvalue weighted by Gasteiger charge is -2.43. The number of benzene rings is 4. The Morgan fingerprint density at radius 3 is 2.46 bits per heavy atom.